The van der Waals surface area contributed by atoms with Gasteiger partial charge in [-0.3, -0.25) is 0 Å². The Morgan fingerprint density at radius 3 is 2.17 bits per heavy atom. The molecule has 0 N–H and O–H groups in total. The second kappa shape index (κ2) is 16.4. The summed E-state index contributed by atoms with van der Waals surface area (Å²) in [6.07, 6.45) is 13.0. The summed E-state index contributed by atoms with van der Waals surface area (Å²) in [6, 6.07) is 43.9. The molecule has 260 valence electrons. The van der Waals surface area contributed by atoms with Gasteiger partial charge in [0.1, 0.15) is 11.3 Å². The van der Waals surface area contributed by atoms with Crippen molar-refractivity contribution in [3.8, 4) is 11.4 Å². The second-order valence-corrected chi connectivity index (χ2v) is 13.5. The molecule has 0 bridgehead atoms. The van der Waals surface area contributed by atoms with Gasteiger partial charge in [-0.2, -0.15) is 0 Å². The van der Waals surface area contributed by atoms with Crippen molar-refractivity contribution in [3.05, 3.63) is 186 Å². The minimum absolute atomic E-state index is 0.597. The molecule has 0 saturated carbocycles. The molecule has 0 unspecified atom stereocenters. The monoisotopic (exact) mass is 707 g/mol. The molecule has 5 heteroatoms. The Balaban J connectivity index is 0.00000214. The first-order chi connectivity index (χ1) is 26.1. The highest BCUT2D eigenvalue weighted by Gasteiger charge is 2.18. The molecular formula is C48H41N3OS. The third-order valence-electron chi connectivity index (χ3n) is 8.92. The highest BCUT2D eigenvalue weighted by molar-refractivity contribution is 7.26. The molecule has 3 aromatic heterocycles. The number of hydrogen-bond donors (Lipinski definition) is 0. The number of nitrogens with zero attached hydrogens (tertiary/aromatic N) is 3. The average Bonchev–Trinajstić information content (AvgIpc) is 3.77. The number of para-hydroxylation sites is 1. The molecule has 0 spiro atoms. The zero-order valence-corrected chi connectivity index (χ0v) is 31.3. The molecule has 0 amide bonds. The first-order valence-electron chi connectivity index (χ1n) is 18.1. The van der Waals surface area contributed by atoms with E-state index in [0.29, 0.717) is 17.5 Å². The van der Waals surface area contributed by atoms with Gasteiger partial charge in [0.2, 0.25) is 0 Å². The van der Waals surface area contributed by atoms with E-state index in [9.17, 15) is 0 Å². The molecule has 0 radical (unpaired) electrons. The van der Waals surface area contributed by atoms with Gasteiger partial charge in [-0.05, 0) is 48.8 Å². The van der Waals surface area contributed by atoms with Gasteiger partial charge in [0, 0.05) is 48.7 Å². The van der Waals surface area contributed by atoms with Crippen LogP contribution in [0.1, 0.15) is 61.8 Å². The maximum atomic E-state index is 6.58. The smallest absolute Gasteiger partial charge is 0.164 e. The fourth-order valence-corrected chi connectivity index (χ4v) is 7.64. The largest absolute Gasteiger partial charge is 0.456 e. The third-order valence-corrected chi connectivity index (χ3v) is 10.2. The molecule has 0 aliphatic heterocycles. The van der Waals surface area contributed by atoms with Gasteiger partial charge in [0.15, 0.2) is 17.5 Å². The molecule has 0 fully saturated rings. The predicted octanol–water partition coefficient (Wildman–Crippen LogP) is 13.5. The van der Waals surface area contributed by atoms with E-state index in [1.807, 2.05) is 124 Å². The number of rotatable bonds is 9. The van der Waals surface area contributed by atoms with E-state index < -0.39 is 0 Å². The van der Waals surface area contributed by atoms with Crippen LogP contribution in [0.5, 0.6) is 0 Å². The Bertz CT molecular complexity index is 2630. The van der Waals surface area contributed by atoms with Crippen LogP contribution < -0.4 is 0 Å². The van der Waals surface area contributed by atoms with Crippen LogP contribution in [0.4, 0.5) is 0 Å². The number of furan rings is 1. The number of allylic oxidation sites excluding steroid dienone is 6. The van der Waals surface area contributed by atoms with E-state index in [0.717, 1.165) is 51.0 Å². The van der Waals surface area contributed by atoms with Crippen molar-refractivity contribution < 1.29 is 4.42 Å². The van der Waals surface area contributed by atoms with Crippen LogP contribution in [-0.2, 0) is 6.42 Å². The Morgan fingerprint density at radius 2 is 1.38 bits per heavy atom. The van der Waals surface area contributed by atoms with Gasteiger partial charge >= 0.3 is 0 Å². The van der Waals surface area contributed by atoms with E-state index >= 15 is 0 Å². The third kappa shape index (κ3) is 7.71. The molecule has 0 saturated heterocycles. The standard InChI is InChI=1S/C46H35N3OS.C2H6/c1-3-16-33(22-14-19-32-17-6-4-7-18-32)45-47-44(48-46(49-45)34-20-8-5-9-21-34)31(2)29-41-39(36-24-10-12-27-40(36)50-41)30-35-23-15-26-38-37-25-11-13-28-42(37)51-43(35)38;1-2/h3-29H,30H2,1-2H3;1-2H3/b16-3-,19-14+,31-29+,33-22+;. The summed E-state index contributed by atoms with van der Waals surface area (Å²) in [4.78, 5) is 15.0. The Morgan fingerprint density at radius 1 is 0.698 bits per heavy atom. The topological polar surface area (TPSA) is 51.8 Å². The van der Waals surface area contributed by atoms with Crippen LogP contribution >= 0.6 is 11.3 Å². The zero-order chi connectivity index (χ0) is 36.6. The lowest BCUT2D eigenvalue weighted by Gasteiger charge is -2.09. The normalized spacial score (nSPS) is 12.3. The summed E-state index contributed by atoms with van der Waals surface area (Å²) in [6.45, 7) is 8.05. The molecular weight excluding hydrogens is 667 g/mol. The quantitative estimate of drug-likeness (QED) is 0.140. The van der Waals surface area contributed by atoms with E-state index in [-0.39, 0.29) is 0 Å². The van der Waals surface area contributed by atoms with Crippen molar-refractivity contribution in [1.29, 1.82) is 0 Å². The highest BCUT2D eigenvalue weighted by atomic mass is 32.1. The highest BCUT2D eigenvalue weighted by Crippen LogP contribution is 2.38. The number of benzene rings is 5. The van der Waals surface area contributed by atoms with Gasteiger partial charge < -0.3 is 4.42 Å². The Kier molecular flexibility index (Phi) is 10.9. The zero-order valence-electron chi connectivity index (χ0n) is 30.5. The van der Waals surface area contributed by atoms with Gasteiger partial charge in [0.25, 0.3) is 0 Å². The minimum Gasteiger partial charge on any atom is -0.456 e. The molecule has 53 heavy (non-hydrogen) atoms. The molecule has 0 aliphatic rings. The fourth-order valence-electron chi connectivity index (χ4n) is 6.42. The van der Waals surface area contributed by atoms with Crippen LogP contribution in [0.15, 0.2) is 156 Å². The van der Waals surface area contributed by atoms with Crippen LogP contribution in [0, 0.1) is 0 Å². The van der Waals surface area contributed by atoms with Crippen LogP contribution in [0.25, 0.3) is 65.8 Å². The summed E-state index contributed by atoms with van der Waals surface area (Å²) in [5.41, 5.74) is 7.11. The van der Waals surface area contributed by atoms with Gasteiger partial charge in [-0.1, -0.05) is 159 Å². The molecule has 3 heterocycles. The first kappa shape index (κ1) is 35.2. The molecule has 4 nitrogen and oxygen atoms in total. The maximum Gasteiger partial charge on any atom is 0.164 e. The predicted molar refractivity (Wildman–Crippen MR) is 227 cm³/mol. The average molecular weight is 708 g/mol. The number of aromatic nitrogens is 3. The molecule has 8 aromatic rings. The lowest BCUT2D eigenvalue weighted by Crippen LogP contribution is -2.04. The lowest BCUT2D eigenvalue weighted by molar-refractivity contribution is 0.600. The van der Waals surface area contributed by atoms with E-state index in [1.165, 1.54) is 25.7 Å². The minimum atomic E-state index is 0.597. The lowest BCUT2D eigenvalue weighted by atomic mass is 9.99. The number of fused-ring (bicyclic) bond motifs is 4. The van der Waals surface area contributed by atoms with Crippen LogP contribution in [0.2, 0.25) is 0 Å². The van der Waals surface area contributed by atoms with Crippen molar-refractivity contribution in [2.45, 2.75) is 34.1 Å². The van der Waals surface area contributed by atoms with Crippen molar-refractivity contribution in [2.24, 2.45) is 0 Å². The van der Waals surface area contributed by atoms with Crippen molar-refractivity contribution >= 4 is 65.8 Å². The number of hydrogen-bond acceptors (Lipinski definition) is 5. The molecule has 8 rings (SSSR count). The summed E-state index contributed by atoms with van der Waals surface area (Å²) in [5, 5.41) is 3.71. The number of thiophene rings is 1. The van der Waals surface area contributed by atoms with Crippen molar-refractivity contribution in [3.63, 3.8) is 0 Å². The fraction of sp³-hybridized carbons (Fsp3) is 0.104. The maximum absolute atomic E-state index is 6.58. The van der Waals surface area contributed by atoms with E-state index in [1.54, 1.807) is 0 Å². The van der Waals surface area contributed by atoms with Crippen molar-refractivity contribution in [2.75, 3.05) is 0 Å². The van der Waals surface area contributed by atoms with E-state index in [4.69, 9.17) is 19.4 Å². The van der Waals surface area contributed by atoms with Crippen LogP contribution in [0.3, 0.4) is 0 Å². The van der Waals surface area contributed by atoms with Crippen LogP contribution in [-0.4, -0.2) is 15.0 Å². The molecule has 0 aliphatic carbocycles. The summed E-state index contributed by atoms with van der Waals surface area (Å²) < 4.78 is 9.20. The van der Waals surface area contributed by atoms with Crippen molar-refractivity contribution in [1.82, 2.24) is 15.0 Å². The van der Waals surface area contributed by atoms with Gasteiger partial charge in [0.05, 0.1) is 0 Å². The first-order valence-corrected chi connectivity index (χ1v) is 18.9. The van der Waals surface area contributed by atoms with E-state index in [2.05, 4.69) is 78.9 Å². The Labute approximate surface area is 315 Å². The Hall–Kier alpha value is -6.17. The summed E-state index contributed by atoms with van der Waals surface area (Å²) in [5.74, 6) is 2.63. The van der Waals surface area contributed by atoms with Gasteiger partial charge in [-0.15, -0.1) is 11.3 Å². The summed E-state index contributed by atoms with van der Waals surface area (Å²) >= 11 is 1.86. The second-order valence-electron chi connectivity index (χ2n) is 12.4. The molecule has 5 aromatic carbocycles. The SMILES string of the molecule is CC.C\C=C/C(=C\C=C\c1ccccc1)c1nc(/C(C)=C/c2oc3ccccc3c2Cc2cccc3c2sc2ccccc23)nc(-c2ccccc2)n1. The molecule has 0 atom stereocenters. The summed E-state index contributed by atoms with van der Waals surface area (Å²) in [7, 11) is 0. The van der Waals surface area contributed by atoms with Gasteiger partial charge in [-0.25, -0.2) is 15.0 Å².